The van der Waals surface area contributed by atoms with Crippen LogP contribution in [0.15, 0.2) is 24.3 Å². The SMILES string of the molecule is COc1ccccc1C(=O)N1CCNC(C(N)=O)C1. The number of ether oxygens (including phenoxy) is 1. The topological polar surface area (TPSA) is 84.7 Å². The van der Waals surface area contributed by atoms with Crippen LogP contribution in [0.4, 0.5) is 0 Å². The van der Waals surface area contributed by atoms with Crippen molar-refractivity contribution in [3.8, 4) is 5.75 Å². The van der Waals surface area contributed by atoms with Crippen LogP contribution >= 0.6 is 0 Å². The lowest BCUT2D eigenvalue weighted by Gasteiger charge is -2.32. The van der Waals surface area contributed by atoms with E-state index in [1.54, 1.807) is 29.2 Å². The van der Waals surface area contributed by atoms with Crippen molar-refractivity contribution >= 4 is 11.8 Å². The van der Waals surface area contributed by atoms with Crippen molar-refractivity contribution in [1.29, 1.82) is 0 Å². The maximum atomic E-state index is 12.4. The maximum Gasteiger partial charge on any atom is 0.257 e. The van der Waals surface area contributed by atoms with E-state index < -0.39 is 11.9 Å². The minimum atomic E-state index is -0.493. The van der Waals surface area contributed by atoms with Crippen molar-refractivity contribution in [1.82, 2.24) is 10.2 Å². The molecule has 2 rings (SSSR count). The molecule has 19 heavy (non-hydrogen) atoms. The van der Waals surface area contributed by atoms with Gasteiger partial charge in [0, 0.05) is 19.6 Å². The van der Waals surface area contributed by atoms with Crippen LogP contribution in [0.5, 0.6) is 5.75 Å². The summed E-state index contributed by atoms with van der Waals surface area (Å²) >= 11 is 0. The molecule has 6 nitrogen and oxygen atoms in total. The second kappa shape index (κ2) is 5.71. The fourth-order valence-electron chi connectivity index (χ4n) is 2.12. The Morgan fingerprint density at radius 1 is 1.42 bits per heavy atom. The molecule has 0 saturated carbocycles. The highest BCUT2D eigenvalue weighted by molar-refractivity contribution is 5.97. The smallest absolute Gasteiger partial charge is 0.257 e. The Balaban J connectivity index is 2.17. The Morgan fingerprint density at radius 2 is 2.16 bits per heavy atom. The summed E-state index contributed by atoms with van der Waals surface area (Å²) in [4.78, 5) is 25.2. The largest absolute Gasteiger partial charge is 0.496 e. The van der Waals surface area contributed by atoms with Crippen molar-refractivity contribution in [3.63, 3.8) is 0 Å². The van der Waals surface area contributed by atoms with Crippen LogP contribution in [0.3, 0.4) is 0 Å². The predicted molar refractivity (Wildman–Crippen MR) is 69.9 cm³/mol. The molecule has 1 aliphatic rings. The van der Waals surface area contributed by atoms with Crippen molar-refractivity contribution in [3.05, 3.63) is 29.8 Å². The molecule has 102 valence electrons. The second-order valence-corrected chi connectivity index (χ2v) is 4.36. The summed E-state index contributed by atoms with van der Waals surface area (Å²) in [6.07, 6.45) is 0. The van der Waals surface area contributed by atoms with Gasteiger partial charge in [-0.25, -0.2) is 0 Å². The van der Waals surface area contributed by atoms with Crippen molar-refractivity contribution in [2.75, 3.05) is 26.7 Å². The maximum absolute atomic E-state index is 12.4. The number of para-hydroxylation sites is 1. The Kier molecular flexibility index (Phi) is 4.01. The fraction of sp³-hybridized carbons (Fsp3) is 0.385. The van der Waals surface area contributed by atoms with Crippen molar-refractivity contribution in [2.45, 2.75) is 6.04 Å². The van der Waals surface area contributed by atoms with Gasteiger partial charge in [0.25, 0.3) is 5.91 Å². The quantitative estimate of drug-likeness (QED) is 0.776. The van der Waals surface area contributed by atoms with E-state index in [9.17, 15) is 9.59 Å². The first-order valence-electron chi connectivity index (χ1n) is 6.08. The summed E-state index contributed by atoms with van der Waals surface area (Å²) in [7, 11) is 1.52. The van der Waals surface area contributed by atoms with Gasteiger partial charge in [0.2, 0.25) is 5.91 Å². The molecule has 1 fully saturated rings. The molecule has 1 aromatic carbocycles. The van der Waals surface area contributed by atoms with Gasteiger partial charge in [0.05, 0.1) is 12.7 Å². The minimum Gasteiger partial charge on any atom is -0.496 e. The van der Waals surface area contributed by atoms with Gasteiger partial charge in [-0.05, 0) is 12.1 Å². The highest BCUT2D eigenvalue weighted by atomic mass is 16.5. The van der Waals surface area contributed by atoms with Crippen LogP contribution in [0.2, 0.25) is 0 Å². The Morgan fingerprint density at radius 3 is 2.84 bits per heavy atom. The molecule has 0 aliphatic carbocycles. The third-order valence-corrected chi connectivity index (χ3v) is 3.14. The van der Waals surface area contributed by atoms with E-state index in [4.69, 9.17) is 10.5 Å². The number of carbonyl (C=O) groups is 2. The molecule has 6 heteroatoms. The number of benzene rings is 1. The van der Waals surface area contributed by atoms with Gasteiger partial charge in [0.15, 0.2) is 0 Å². The number of hydrogen-bond donors (Lipinski definition) is 2. The summed E-state index contributed by atoms with van der Waals surface area (Å²) in [5.74, 6) is -0.0654. The number of hydrogen-bond acceptors (Lipinski definition) is 4. The van der Waals surface area contributed by atoms with Crippen LogP contribution < -0.4 is 15.8 Å². The first-order valence-corrected chi connectivity index (χ1v) is 6.08. The first kappa shape index (κ1) is 13.4. The van der Waals surface area contributed by atoms with Crippen LogP contribution in [0.1, 0.15) is 10.4 Å². The molecule has 1 unspecified atom stereocenters. The molecule has 1 heterocycles. The number of methoxy groups -OCH3 is 1. The number of primary amides is 1. The third kappa shape index (κ3) is 2.85. The van der Waals surface area contributed by atoms with E-state index in [1.165, 1.54) is 7.11 Å². The molecule has 1 aliphatic heterocycles. The molecular weight excluding hydrogens is 246 g/mol. The average molecular weight is 263 g/mol. The highest BCUT2D eigenvalue weighted by Gasteiger charge is 2.28. The molecule has 0 bridgehead atoms. The molecule has 0 spiro atoms. The number of nitrogens with one attached hydrogen (secondary N) is 1. The summed E-state index contributed by atoms with van der Waals surface area (Å²) in [6, 6.07) is 6.54. The molecule has 3 N–H and O–H groups in total. The number of piperazine rings is 1. The second-order valence-electron chi connectivity index (χ2n) is 4.36. The highest BCUT2D eigenvalue weighted by Crippen LogP contribution is 2.19. The van der Waals surface area contributed by atoms with Crippen molar-refractivity contribution in [2.24, 2.45) is 5.73 Å². The number of carbonyl (C=O) groups excluding carboxylic acids is 2. The van der Waals surface area contributed by atoms with Crippen LogP contribution in [-0.4, -0.2) is 49.5 Å². The first-order chi connectivity index (χ1) is 9.13. The van der Waals surface area contributed by atoms with E-state index >= 15 is 0 Å². The zero-order chi connectivity index (χ0) is 13.8. The third-order valence-electron chi connectivity index (χ3n) is 3.14. The summed E-state index contributed by atoms with van der Waals surface area (Å²) in [6.45, 7) is 1.38. The molecular formula is C13H17N3O3. The number of amides is 2. The van der Waals surface area contributed by atoms with Crippen LogP contribution in [0.25, 0.3) is 0 Å². The van der Waals surface area contributed by atoms with Gasteiger partial charge in [0.1, 0.15) is 11.8 Å². The van der Waals surface area contributed by atoms with Crippen LogP contribution in [-0.2, 0) is 4.79 Å². The molecule has 2 amide bonds. The van der Waals surface area contributed by atoms with Gasteiger partial charge >= 0.3 is 0 Å². The normalized spacial score (nSPS) is 19.0. The Labute approximate surface area is 111 Å². The van der Waals surface area contributed by atoms with E-state index in [2.05, 4.69) is 5.32 Å². The number of rotatable bonds is 3. The van der Waals surface area contributed by atoms with Crippen molar-refractivity contribution < 1.29 is 14.3 Å². The van der Waals surface area contributed by atoms with Crippen LogP contribution in [0, 0.1) is 0 Å². The molecule has 1 atom stereocenters. The lowest BCUT2D eigenvalue weighted by molar-refractivity contribution is -0.120. The van der Waals surface area contributed by atoms with Gasteiger partial charge in [-0.2, -0.15) is 0 Å². The van der Waals surface area contributed by atoms with E-state index in [0.717, 1.165) is 0 Å². The Bertz CT molecular complexity index is 490. The standard InChI is InChI=1S/C13H17N3O3/c1-19-11-5-3-2-4-9(11)13(18)16-7-6-15-10(8-16)12(14)17/h2-5,10,15H,6-8H2,1H3,(H2,14,17). The average Bonchev–Trinajstić information content (AvgIpc) is 2.46. The van der Waals surface area contributed by atoms with E-state index in [0.29, 0.717) is 24.4 Å². The van der Waals surface area contributed by atoms with Gasteiger partial charge in [-0.1, -0.05) is 12.1 Å². The minimum absolute atomic E-state index is 0.148. The summed E-state index contributed by atoms with van der Waals surface area (Å²) < 4.78 is 5.18. The summed E-state index contributed by atoms with van der Waals surface area (Å²) in [5, 5.41) is 2.98. The molecule has 1 saturated heterocycles. The number of nitrogens with zero attached hydrogens (tertiary/aromatic N) is 1. The fourth-order valence-corrected chi connectivity index (χ4v) is 2.12. The van der Waals surface area contributed by atoms with Gasteiger partial charge < -0.3 is 20.7 Å². The molecule has 1 aromatic rings. The van der Waals surface area contributed by atoms with Gasteiger partial charge in [-0.3, -0.25) is 9.59 Å². The van der Waals surface area contributed by atoms with E-state index in [1.807, 2.05) is 0 Å². The lowest BCUT2D eigenvalue weighted by Crippen LogP contribution is -2.57. The zero-order valence-electron chi connectivity index (χ0n) is 10.8. The Hall–Kier alpha value is -2.08. The predicted octanol–water partition coefficient (Wildman–Crippen LogP) is -0.405. The lowest BCUT2D eigenvalue weighted by atomic mass is 10.1. The zero-order valence-corrected chi connectivity index (χ0v) is 10.8. The van der Waals surface area contributed by atoms with E-state index in [-0.39, 0.29) is 12.5 Å². The molecule has 0 aromatic heterocycles. The number of nitrogens with two attached hydrogens (primary N) is 1. The summed E-state index contributed by atoms with van der Waals surface area (Å²) in [5.41, 5.74) is 5.76. The molecule has 0 radical (unpaired) electrons. The van der Waals surface area contributed by atoms with Gasteiger partial charge in [-0.15, -0.1) is 0 Å². The monoisotopic (exact) mass is 263 g/mol.